The summed E-state index contributed by atoms with van der Waals surface area (Å²) in [6.45, 7) is 4.93. The molecule has 1 aromatic carbocycles. The van der Waals surface area contributed by atoms with Gasteiger partial charge in [-0.1, -0.05) is 31.4 Å². The van der Waals surface area contributed by atoms with Crippen molar-refractivity contribution in [3.8, 4) is 5.75 Å². The Morgan fingerprint density at radius 2 is 1.81 bits per heavy atom. The van der Waals surface area contributed by atoms with E-state index in [9.17, 15) is 0 Å². The first-order valence-corrected chi connectivity index (χ1v) is 10.1. The Balaban J connectivity index is 1.20. The molecule has 0 bridgehead atoms. The van der Waals surface area contributed by atoms with Gasteiger partial charge >= 0.3 is 0 Å². The number of ether oxygens (including phenoxy) is 3. The summed E-state index contributed by atoms with van der Waals surface area (Å²) in [4.78, 5) is 6.83. The first kappa shape index (κ1) is 18.0. The van der Waals surface area contributed by atoms with Gasteiger partial charge in [0.25, 0.3) is 0 Å². The second kappa shape index (κ2) is 8.98. The van der Waals surface area contributed by atoms with E-state index in [0.29, 0.717) is 6.61 Å². The summed E-state index contributed by atoms with van der Waals surface area (Å²) in [5.41, 5.74) is 1.46. The summed E-state index contributed by atoms with van der Waals surface area (Å²) in [6, 6.07) is 8.64. The fraction of sp³-hybridized carbons (Fsp3) is 0.667. The molecule has 4 rings (SSSR count). The van der Waals surface area contributed by atoms with Crippen LogP contribution in [0.2, 0.25) is 0 Å². The summed E-state index contributed by atoms with van der Waals surface area (Å²) in [6.07, 6.45) is 8.58. The van der Waals surface area contributed by atoms with Crippen LogP contribution in [0.1, 0.15) is 43.6 Å². The van der Waals surface area contributed by atoms with Crippen LogP contribution in [0.25, 0.3) is 0 Å². The molecule has 1 unspecified atom stereocenters. The second-order valence-corrected chi connectivity index (χ2v) is 7.56. The predicted octanol–water partition coefficient (Wildman–Crippen LogP) is 3.24. The fourth-order valence-electron chi connectivity index (χ4n) is 4.11. The van der Waals surface area contributed by atoms with Crippen molar-refractivity contribution >= 4 is 6.21 Å². The van der Waals surface area contributed by atoms with Crippen LogP contribution in [0.15, 0.2) is 29.3 Å². The molecule has 2 heterocycles. The van der Waals surface area contributed by atoms with Gasteiger partial charge in [-0.25, -0.2) is 0 Å². The Labute approximate surface area is 156 Å². The van der Waals surface area contributed by atoms with Crippen LogP contribution in [0.5, 0.6) is 5.75 Å². The number of hydrogen-bond acceptors (Lipinski definition) is 5. The van der Waals surface area contributed by atoms with Crippen LogP contribution >= 0.6 is 0 Å². The van der Waals surface area contributed by atoms with Gasteiger partial charge in [0.1, 0.15) is 18.5 Å². The van der Waals surface area contributed by atoms with Gasteiger partial charge in [-0.2, -0.15) is 0 Å². The molecule has 26 heavy (non-hydrogen) atoms. The largest absolute Gasteiger partial charge is 0.489 e. The minimum atomic E-state index is -0.195. The molecule has 2 aliphatic heterocycles. The SMILES string of the molecule is C1=N[C@H](COc2ccc(C3CCCCC3)cc2)OC1CN1CCOCC1. The van der Waals surface area contributed by atoms with Crippen LogP contribution < -0.4 is 4.74 Å². The molecule has 2 fully saturated rings. The highest BCUT2D eigenvalue weighted by molar-refractivity contribution is 5.65. The van der Waals surface area contributed by atoms with Crippen molar-refractivity contribution in [3.05, 3.63) is 29.8 Å². The van der Waals surface area contributed by atoms with E-state index >= 15 is 0 Å². The lowest BCUT2D eigenvalue weighted by molar-refractivity contribution is -0.0159. The Kier molecular flexibility index (Phi) is 6.20. The zero-order valence-electron chi connectivity index (χ0n) is 15.5. The van der Waals surface area contributed by atoms with E-state index in [1.165, 1.54) is 37.7 Å². The highest BCUT2D eigenvalue weighted by Gasteiger charge is 2.24. The van der Waals surface area contributed by atoms with Gasteiger partial charge in [-0.05, 0) is 36.5 Å². The third-order valence-corrected chi connectivity index (χ3v) is 5.64. The lowest BCUT2D eigenvalue weighted by Gasteiger charge is -2.28. The van der Waals surface area contributed by atoms with E-state index in [2.05, 4.69) is 34.2 Å². The van der Waals surface area contributed by atoms with Gasteiger partial charge < -0.3 is 14.2 Å². The maximum atomic E-state index is 5.98. The predicted molar refractivity (Wildman–Crippen MR) is 102 cm³/mol. The third-order valence-electron chi connectivity index (χ3n) is 5.64. The van der Waals surface area contributed by atoms with E-state index in [1.807, 2.05) is 6.21 Å². The molecule has 1 aromatic rings. The Bertz CT molecular complexity index is 577. The van der Waals surface area contributed by atoms with Gasteiger partial charge in [0.15, 0.2) is 6.23 Å². The Morgan fingerprint density at radius 1 is 1.04 bits per heavy atom. The highest BCUT2D eigenvalue weighted by atomic mass is 16.6. The Hall–Kier alpha value is -1.43. The first-order valence-electron chi connectivity index (χ1n) is 10.1. The zero-order chi connectivity index (χ0) is 17.6. The summed E-state index contributed by atoms with van der Waals surface area (Å²) < 4.78 is 17.3. The normalized spacial score (nSPS) is 27.7. The van der Waals surface area contributed by atoms with Crippen LogP contribution in [0, 0.1) is 0 Å². The lowest BCUT2D eigenvalue weighted by atomic mass is 9.84. The van der Waals surface area contributed by atoms with Crippen molar-refractivity contribution in [3.63, 3.8) is 0 Å². The van der Waals surface area contributed by atoms with Crippen LogP contribution in [-0.4, -0.2) is 62.9 Å². The maximum absolute atomic E-state index is 5.98. The highest BCUT2D eigenvalue weighted by Crippen LogP contribution is 2.33. The molecule has 2 atom stereocenters. The average molecular weight is 358 g/mol. The number of hydrogen-bond donors (Lipinski definition) is 0. The standard InChI is InChI=1S/C21H30N2O3/c1-2-4-17(5-3-1)18-6-8-19(9-7-18)25-16-21-22-14-20(26-21)15-23-10-12-24-13-11-23/h6-9,14,17,20-21H,1-5,10-13,15-16H2/t20?,21-/m0/s1. The minimum Gasteiger partial charge on any atom is -0.489 e. The van der Waals surface area contributed by atoms with Gasteiger partial charge in [-0.3, -0.25) is 9.89 Å². The Morgan fingerprint density at radius 3 is 2.58 bits per heavy atom. The summed E-state index contributed by atoms with van der Waals surface area (Å²) in [5, 5.41) is 0. The van der Waals surface area contributed by atoms with E-state index < -0.39 is 0 Å². The fourth-order valence-corrected chi connectivity index (χ4v) is 4.11. The van der Waals surface area contributed by atoms with Crippen LogP contribution in [0.3, 0.4) is 0 Å². The van der Waals surface area contributed by atoms with Gasteiger partial charge in [-0.15, -0.1) is 0 Å². The van der Waals surface area contributed by atoms with E-state index in [4.69, 9.17) is 14.2 Å². The average Bonchev–Trinajstić information content (AvgIpc) is 3.16. The molecule has 1 saturated heterocycles. The summed E-state index contributed by atoms with van der Waals surface area (Å²) in [7, 11) is 0. The lowest BCUT2D eigenvalue weighted by Crippen LogP contribution is -2.41. The number of nitrogens with zero attached hydrogens (tertiary/aromatic N) is 2. The van der Waals surface area contributed by atoms with Crippen LogP contribution in [-0.2, 0) is 9.47 Å². The molecule has 0 aromatic heterocycles. The maximum Gasteiger partial charge on any atom is 0.182 e. The molecule has 0 N–H and O–H groups in total. The van der Waals surface area contributed by atoms with E-state index in [1.54, 1.807) is 0 Å². The van der Waals surface area contributed by atoms with Crippen molar-refractivity contribution in [2.24, 2.45) is 4.99 Å². The van der Waals surface area contributed by atoms with Gasteiger partial charge in [0.2, 0.25) is 0 Å². The van der Waals surface area contributed by atoms with Crippen molar-refractivity contribution in [1.29, 1.82) is 0 Å². The van der Waals surface area contributed by atoms with Gasteiger partial charge in [0.05, 0.1) is 13.2 Å². The van der Waals surface area contributed by atoms with Crippen molar-refractivity contribution in [2.75, 3.05) is 39.5 Å². The molecule has 0 radical (unpaired) electrons. The molecular formula is C21H30N2O3. The zero-order valence-corrected chi connectivity index (χ0v) is 15.5. The monoisotopic (exact) mass is 358 g/mol. The quantitative estimate of drug-likeness (QED) is 0.783. The van der Waals surface area contributed by atoms with Crippen molar-refractivity contribution in [1.82, 2.24) is 4.90 Å². The number of benzene rings is 1. The van der Waals surface area contributed by atoms with E-state index in [-0.39, 0.29) is 12.3 Å². The molecule has 5 heteroatoms. The summed E-state index contributed by atoms with van der Waals surface area (Å²) in [5.74, 6) is 1.64. The smallest absolute Gasteiger partial charge is 0.182 e. The molecule has 5 nitrogen and oxygen atoms in total. The summed E-state index contributed by atoms with van der Waals surface area (Å²) >= 11 is 0. The molecule has 1 aliphatic carbocycles. The van der Waals surface area contributed by atoms with Crippen LogP contribution in [0.4, 0.5) is 0 Å². The number of aliphatic imine (C=N–C) groups is 1. The molecular weight excluding hydrogens is 328 g/mol. The van der Waals surface area contributed by atoms with Crippen molar-refractivity contribution < 1.29 is 14.2 Å². The second-order valence-electron chi connectivity index (χ2n) is 7.56. The topological polar surface area (TPSA) is 43.3 Å². The molecule has 142 valence electrons. The molecule has 3 aliphatic rings. The molecule has 1 saturated carbocycles. The first-order chi connectivity index (χ1) is 12.9. The minimum absolute atomic E-state index is 0.0652. The number of rotatable bonds is 6. The van der Waals surface area contributed by atoms with E-state index in [0.717, 1.165) is 44.5 Å². The molecule has 0 amide bonds. The van der Waals surface area contributed by atoms with Gasteiger partial charge in [0, 0.05) is 25.8 Å². The van der Waals surface area contributed by atoms with Crippen molar-refractivity contribution in [2.45, 2.75) is 50.4 Å². The third kappa shape index (κ3) is 4.84. The molecule has 0 spiro atoms. The number of morpholine rings is 1.